The fourth-order valence-corrected chi connectivity index (χ4v) is 4.27. The molecule has 3 heterocycles. The van der Waals surface area contributed by atoms with Crippen molar-refractivity contribution >= 4 is 5.82 Å². The Hall–Kier alpha value is -1.82. The van der Waals surface area contributed by atoms with Crippen molar-refractivity contribution in [3.8, 4) is 0 Å². The summed E-state index contributed by atoms with van der Waals surface area (Å²) < 4.78 is 10.0. The van der Waals surface area contributed by atoms with Gasteiger partial charge < -0.3 is 14.6 Å². The molecule has 2 aliphatic rings. The Labute approximate surface area is 149 Å². The average Bonchev–Trinajstić information content (AvgIpc) is 3.34. The lowest BCUT2D eigenvalue weighted by Gasteiger charge is -2.19. The lowest BCUT2D eigenvalue weighted by molar-refractivity contribution is 0.0839. The highest BCUT2D eigenvalue weighted by Crippen LogP contribution is 2.35. The van der Waals surface area contributed by atoms with Crippen LogP contribution in [0.1, 0.15) is 62.1 Å². The maximum absolute atomic E-state index is 5.96. The van der Waals surface area contributed by atoms with E-state index < -0.39 is 0 Å². The molecular formula is C19H29N5O. The van der Waals surface area contributed by atoms with Crippen LogP contribution in [0.3, 0.4) is 0 Å². The van der Waals surface area contributed by atoms with Crippen molar-refractivity contribution in [2.24, 2.45) is 20.0 Å². The Balaban J connectivity index is 1.41. The quantitative estimate of drug-likeness (QED) is 0.904. The van der Waals surface area contributed by atoms with Crippen LogP contribution in [0.2, 0.25) is 0 Å². The molecule has 4 rings (SSSR count). The zero-order chi connectivity index (χ0) is 17.2. The Kier molecular flexibility index (Phi) is 4.79. The van der Waals surface area contributed by atoms with Crippen molar-refractivity contribution in [2.45, 2.75) is 50.5 Å². The molecule has 1 aliphatic heterocycles. The SMILES string of the molecule is Cn1ccnc1[C@@H]1OCC[C@H]1CNc1cc(C2CCCCC2)nn1C. The highest BCUT2D eigenvalue weighted by Gasteiger charge is 2.32. The van der Waals surface area contributed by atoms with Gasteiger partial charge in [-0.15, -0.1) is 0 Å². The first-order chi connectivity index (χ1) is 12.2. The summed E-state index contributed by atoms with van der Waals surface area (Å²) in [5, 5.41) is 8.38. The molecule has 0 unspecified atom stereocenters. The van der Waals surface area contributed by atoms with E-state index in [1.165, 1.54) is 37.8 Å². The Morgan fingerprint density at radius 2 is 2.04 bits per heavy atom. The summed E-state index contributed by atoms with van der Waals surface area (Å²) in [6.45, 7) is 1.70. The number of anilines is 1. The zero-order valence-electron chi connectivity index (χ0n) is 15.3. The molecular weight excluding hydrogens is 314 g/mol. The summed E-state index contributed by atoms with van der Waals surface area (Å²) in [5.41, 5.74) is 1.26. The minimum absolute atomic E-state index is 0.0820. The maximum Gasteiger partial charge on any atom is 0.138 e. The molecule has 136 valence electrons. The van der Waals surface area contributed by atoms with Crippen LogP contribution in [0.4, 0.5) is 5.82 Å². The maximum atomic E-state index is 5.96. The summed E-state index contributed by atoms with van der Waals surface area (Å²) >= 11 is 0. The number of imidazole rings is 1. The second-order valence-corrected chi connectivity index (χ2v) is 7.53. The van der Waals surface area contributed by atoms with Crippen LogP contribution in [-0.2, 0) is 18.8 Å². The van der Waals surface area contributed by atoms with Crippen molar-refractivity contribution in [1.29, 1.82) is 0 Å². The van der Waals surface area contributed by atoms with Gasteiger partial charge in [0, 0.05) is 57.5 Å². The van der Waals surface area contributed by atoms with Crippen molar-refractivity contribution in [2.75, 3.05) is 18.5 Å². The average molecular weight is 343 g/mol. The molecule has 0 bridgehead atoms. The molecule has 2 aromatic rings. The van der Waals surface area contributed by atoms with Crippen LogP contribution in [0.5, 0.6) is 0 Å². The van der Waals surface area contributed by atoms with Gasteiger partial charge in [-0.1, -0.05) is 19.3 Å². The summed E-state index contributed by atoms with van der Waals surface area (Å²) in [5.74, 6) is 3.23. The Morgan fingerprint density at radius 3 is 2.80 bits per heavy atom. The van der Waals surface area contributed by atoms with Gasteiger partial charge in [-0.2, -0.15) is 5.10 Å². The second kappa shape index (κ2) is 7.20. The van der Waals surface area contributed by atoms with Crippen molar-refractivity contribution < 1.29 is 4.74 Å². The minimum atomic E-state index is 0.0820. The first-order valence-corrected chi connectivity index (χ1v) is 9.59. The Morgan fingerprint density at radius 1 is 1.20 bits per heavy atom. The van der Waals surface area contributed by atoms with Gasteiger partial charge in [0.15, 0.2) is 0 Å². The normalized spacial score (nSPS) is 24.7. The second-order valence-electron chi connectivity index (χ2n) is 7.53. The Bertz CT molecular complexity index is 700. The van der Waals surface area contributed by atoms with Gasteiger partial charge in [-0.25, -0.2) is 4.98 Å². The van der Waals surface area contributed by atoms with E-state index in [1.807, 2.05) is 31.2 Å². The molecule has 0 radical (unpaired) electrons. The van der Waals surface area contributed by atoms with E-state index >= 15 is 0 Å². The van der Waals surface area contributed by atoms with E-state index in [-0.39, 0.29) is 6.10 Å². The largest absolute Gasteiger partial charge is 0.370 e. The number of hydrogen-bond donors (Lipinski definition) is 1. The number of nitrogens with zero attached hydrogens (tertiary/aromatic N) is 4. The predicted octanol–water partition coefficient (Wildman–Crippen LogP) is 3.39. The zero-order valence-corrected chi connectivity index (χ0v) is 15.3. The van der Waals surface area contributed by atoms with E-state index in [9.17, 15) is 0 Å². The van der Waals surface area contributed by atoms with Crippen molar-refractivity contribution in [1.82, 2.24) is 19.3 Å². The number of ether oxygens (including phenoxy) is 1. The van der Waals surface area contributed by atoms with Crippen LogP contribution in [-0.4, -0.2) is 32.5 Å². The fourth-order valence-electron chi connectivity index (χ4n) is 4.27. The van der Waals surface area contributed by atoms with Gasteiger partial charge in [-0.3, -0.25) is 4.68 Å². The number of nitrogens with one attached hydrogen (secondary N) is 1. The monoisotopic (exact) mass is 343 g/mol. The van der Waals surface area contributed by atoms with E-state index in [4.69, 9.17) is 9.84 Å². The molecule has 1 N–H and O–H groups in total. The van der Waals surface area contributed by atoms with Crippen molar-refractivity contribution in [3.63, 3.8) is 0 Å². The number of aromatic nitrogens is 4. The highest BCUT2D eigenvalue weighted by atomic mass is 16.5. The van der Waals surface area contributed by atoms with Crippen LogP contribution in [0.15, 0.2) is 18.5 Å². The number of aryl methyl sites for hydroxylation is 2. The summed E-state index contributed by atoms with van der Waals surface area (Å²) in [6, 6.07) is 2.25. The summed E-state index contributed by atoms with van der Waals surface area (Å²) in [7, 11) is 4.07. The molecule has 25 heavy (non-hydrogen) atoms. The molecule has 2 aromatic heterocycles. The first kappa shape index (κ1) is 16.6. The number of rotatable bonds is 5. The molecule has 6 nitrogen and oxygen atoms in total. The predicted molar refractivity (Wildman–Crippen MR) is 97.5 cm³/mol. The molecule has 0 spiro atoms. The molecule has 1 aliphatic carbocycles. The van der Waals surface area contributed by atoms with Crippen molar-refractivity contribution in [3.05, 3.63) is 30.0 Å². The van der Waals surface area contributed by atoms with Crippen LogP contribution >= 0.6 is 0 Å². The third kappa shape index (κ3) is 3.45. The third-order valence-electron chi connectivity index (χ3n) is 5.79. The van der Waals surface area contributed by atoms with Gasteiger partial charge in [0.2, 0.25) is 0 Å². The van der Waals surface area contributed by atoms with Gasteiger partial charge in [0.1, 0.15) is 17.7 Å². The van der Waals surface area contributed by atoms with E-state index in [0.717, 1.165) is 31.2 Å². The van der Waals surface area contributed by atoms with Crippen LogP contribution < -0.4 is 5.32 Å². The highest BCUT2D eigenvalue weighted by molar-refractivity contribution is 5.38. The standard InChI is InChI=1S/C19H29N5O/c1-23-10-9-20-19(23)18-15(8-11-25-18)13-21-17-12-16(22-24(17)2)14-6-4-3-5-7-14/h9-10,12,14-15,18,21H,3-8,11,13H2,1-2H3/t15-,18+/m0/s1. The lowest BCUT2D eigenvalue weighted by atomic mass is 9.87. The lowest BCUT2D eigenvalue weighted by Crippen LogP contribution is -2.21. The van der Waals surface area contributed by atoms with Crippen LogP contribution in [0, 0.1) is 5.92 Å². The van der Waals surface area contributed by atoms with Gasteiger partial charge in [-0.05, 0) is 19.3 Å². The fraction of sp³-hybridized carbons (Fsp3) is 0.684. The topological polar surface area (TPSA) is 56.9 Å². The van der Waals surface area contributed by atoms with E-state index in [1.54, 1.807) is 0 Å². The molecule has 0 amide bonds. The van der Waals surface area contributed by atoms with Gasteiger partial charge in [0.25, 0.3) is 0 Å². The first-order valence-electron chi connectivity index (χ1n) is 9.59. The van der Waals surface area contributed by atoms with Gasteiger partial charge in [0.05, 0.1) is 5.69 Å². The molecule has 6 heteroatoms. The van der Waals surface area contributed by atoms with Gasteiger partial charge >= 0.3 is 0 Å². The third-order valence-corrected chi connectivity index (χ3v) is 5.79. The van der Waals surface area contributed by atoms with E-state index in [0.29, 0.717) is 11.8 Å². The minimum Gasteiger partial charge on any atom is -0.370 e. The van der Waals surface area contributed by atoms with E-state index in [2.05, 4.69) is 20.9 Å². The smallest absolute Gasteiger partial charge is 0.138 e. The van der Waals surface area contributed by atoms with Crippen LogP contribution in [0.25, 0.3) is 0 Å². The number of hydrogen-bond acceptors (Lipinski definition) is 4. The molecule has 2 fully saturated rings. The summed E-state index contributed by atoms with van der Waals surface area (Å²) in [6.07, 6.45) is 11.6. The summed E-state index contributed by atoms with van der Waals surface area (Å²) in [4.78, 5) is 4.48. The molecule has 2 atom stereocenters. The molecule has 1 saturated heterocycles. The molecule has 0 aromatic carbocycles. The molecule has 1 saturated carbocycles.